The van der Waals surface area contributed by atoms with Crippen LogP contribution in [-0.4, -0.2) is 17.1 Å². The van der Waals surface area contributed by atoms with Crippen molar-refractivity contribution >= 4 is 35.0 Å². The number of thiazole rings is 1. The van der Waals surface area contributed by atoms with Crippen LogP contribution >= 0.6 is 22.9 Å². The van der Waals surface area contributed by atoms with Crippen LogP contribution in [0.4, 0.5) is 0 Å². The van der Waals surface area contributed by atoms with Crippen molar-refractivity contribution in [3.8, 4) is 11.5 Å². The van der Waals surface area contributed by atoms with Crippen molar-refractivity contribution in [3.63, 3.8) is 0 Å². The molecule has 0 N–H and O–H groups in total. The fourth-order valence-electron chi connectivity index (χ4n) is 4.24. The smallest absolute Gasteiger partial charge is 0.343 e. The average molecular weight is 531 g/mol. The van der Waals surface area contributed by atoms with Crippen LogP contribution in [0.1, 0.15) is 31.0 Å². The molecular formula is C29H23ClN2O4S. The number of esters is 1. The Balaban J connectivity index is 1.67. The van der Waals surface area contributed by atoms with Crippen LogP contribution in [0.2, 0.25) is 5.02 Å². The maximum absolute atomic E-state index is 13.8. The third-order valence-electron chi connectivity index (χ3n) is 5.87. The van der Waals surface area contributed by atoms with Crippen molar-refractivity contribution in [1.82, 2.24) is 4.57 Å². The summed E-state index contributed by atoms with van der Waals surface area (Å²) >= 11 is 7.49. The highest BCUT2D eigenvalue weighted by Crippen LogP contribution is 2.31. The van der Waals surface area contributed by atoms with Gasteiger partial charge in [0.2, 0.25) is 0 Å². The lowest BCUT2D eigenvalue weighted by Gasteiger charge is -2.24. The van der Waals surface area contributed by atoms with E-state index in [0.717, 1.165) is 5.56 Å². The van der Waals surface area contributed by atoms with Gasteiger partial charge < -0.3 is 9.47 Å². The zero-order valence-electron chi connectivity index (χ0n) is 20.2. The van der Waals surface area contributed by atoms with Gasteiger partial charge in [-0.05, 0) is 55.8 Å². The van der Waals surface area contributed by atoms with Crippen LogP contribution < -0.4 is 24.4 Å². The lowest BCUT2D eigenvalue weighted by molar-refractivity contribution is -0.130. The zero-order chi connectivity index (χ0) is 25.9. The SMILES string of the molecule is CCOc1ccc(Cl)cc1/C=c1\sc2n(c1=O)[C@H](c1ccccc1)C(C(=O)Oc1ccccc1)=C(C)N=2. The minimum Gasteiger partial charge on any atom is -0.493 e. The molecule has 0 unspecified atom stereocenters. The monoisotopic (exact) mass is 530 g/mol. The molecule has 6 nitrogen and oxygen atoms in total. The first-order valence-corrected chi connectivity index (χ1v) is 12.9. The maximum Gasteiger partial charge on any atom is 0.343 e. The number of aromatic nitrogens is 1. The number of hydrogen-bond acceptors (Lipinski definition) is 6. The van der Waals surface area contributed by atoms with Gasteiger partial charge in [-0.1, -0.05) is 71.5 Å². The molecule has 1 aliphatic rings. The fourth-order valence-corrected chi connectivity index (χ4v) is 5.46. The molecule has 0 fully saturated rings. The van der Waals surface area contributed by atoms with Crippen molar-refractivity contribution in [1.29, 1.82) is 0 Å². The first-order chi connectivity index (χ1) is 18.0. The van der Waals surface area contributed by atoms with E-state index in [0.29, 0.717) is 49.3 Å². The number of fused-ring (bicyclic) bond motifs is 1. The number of benzene rings is 3. The molecule has 4 aromatic rings. The van der Waals surface area contributed by atoms with Crippen LogP contribution in [0.5, 0.6) is 11.5 Å². The molecule has 0 amide bonds. The van der Waals surface area contributed by atoms with Gasteiger partial charge in [0.1, 0.15) is 11.5 Å². The Morgan fingerprint density at radius 1 is 1.08 bits per heavy atom. The van der Waals surface area contributed by atoms with Gasteiger partial charge in [-0.2, -0.15) is 0 Å². The summed E-state index contributed by atoms with van der Waals surface area (Å²) in [6.45, 7) is 4.13. The standard InChI is InChI=1S/C29H23ClN2O4S/c1-3-35-23-15-14-21(30)16-20(23)17-24-27(33)32-26(19-10-6-4-7-11-19)25(18(2)31-29(32)37-24)28(34)36-22-12-8-5-9-13-22/h4-17,26H,3H2,1-2H3/b24-17-/t26-/m1/s1. The molecular weight excluding hydrogens is 508 g/mol. The number of ether oxygens (including phenoxy) is 2. The molecule has 37 heavy (non-hydrogen) atoms. The molecule has 0 radical (unpaired) electrons. The molecule has 0 saturated carbocycles. The highest BCUT2D eigenvalue weighted by Gasteiger charge is 2.33. The highest BCUT2D eigenvalue weighted by atomic mass is 35.5. The van der Waals surface area contributed by atoms with Gasteiger partial charge in [0.05, 0.1) is 28.5 Å². The number of carbonyl (C=O) groups is 1. The molecule has 1 aliphatic heterocycles. The summed E-state index contributed by atoms with van der Waals surface area (Å²) in [7, 11) is 0. The third-order valence-corrected chi connectivity index (χ3v) is 7.09. The summed E-state index contributed by atoms with van der Waals surface area (Å²) in [5.74, 6) is 0.492. The van der Waals surface area contributed by atoms with Crippen LogP contribution in [-0.2, 0) is 4.79 Å². The van der Waals surface area contributed by atoms with E-state index < -0.39 is 12.0 Å². The summed E-state index contributed by atoms with van der Waals surface area (Å²) in [6.07, 6.45) is 1.75. The Hall–Kier alpha value is -3.94. The van der Waals surface area contributed by atoms with Gasteiger partial charge in [-0.15, -0.1) is 0 Å². The Labute approximate surface area is 222 Å². The van der Waals surface area contributed by atoms with Crippen molar-refractivity contribution in [2.24, 2.45) is 4.99 Å². The van der Waals surface area contributed by atoms with Gasteiger partial charge in [0.15, 0.2) is 4.80 Å². The second-order valence-corrected chi connectivity index (χ2v) is 9.76. The predicted octanol–water partition coefficient (Wildman–Crippen LogP) is 4.89. The Kier molecular flexibility index (Phi) is 7.08. The molecule has 0 spiro atoms. The van der Waals surface area contributed by atoms with Gasteiger partial charge in [-0.25, -0.2) is 9.79 Å². The molecule has 8 heteroatoms. The molecule has 186 valence electrons. The second-order valence-electron chi connectivity index (χ2n) is 8.31. The minimum absolute atomic E-state index is 0.266. The lowest BCUT2D eigenvalue weighted by atomic mass is 9.96. The normalized spacial score (nSPS) is 15.2. The lowest BCUT2D eigenvalue weighted by Crippen LogP contribution is -2.40. The third kappa shape index (κ3) is 5.01. The first-order valence-electron chi connectivity index (χ1n) is 11.7. The fraction of sp³-hybridized carbons (Fsp3) is 0.138. The summed E-state index contributed by atoms with van der Waals surface area (Å²) in [4.78, 5) is 32.4. The maximum atomic E-state index is 13.8. The van der Waals surface area contributed by atoms with E-state index >= 15 is 0 Å². The molecule has 0 aliphatic carbocycles. The second kappa shape index (κ2) is 10.6. The van der Waals surface area contributed by atoms with Gasteiger partial charge in [0.25, 0.3) is 5.56 Å². The van der Waals surface area contributed by atoms with E-state index in [4.69, 9.17) is 21.1 Å². The number of para-hydroxylation sites is 1. The Morgan fingerprint density at radius 3 is 2.49 bits per heavy atom. The topological polar surface area (TPSA) is 69.9 Å². The van der Waals surface area contributed by atoms with Crippen molar-refractivity contribution in [2.45, 2.75) is 19.9 Å². The zero-order valence-corrected chi connectivity index (χ0v) is 21.8. The average Bonchev–Trinajstić information content (AvgIpc) is 3.20. The van der Waals surface area contributed by atoms with Gasteiger partial charge >= 0.3 is 5.97 Å². The molecule has 1 atom stereocenters. The van der Waals surface area contributed by atoms with Crippen molar-refractivity contribution < 1.29 is 14.3 Å². The number of halogens is 1. The number of carbonyl (C=O) groups excluding carboxylic acids is 1. The van der Waals surface area contributed by atoms with Crippen LogP contribution in [0.25, 0.3) is 6.08 Å². The molecule has 0 bridgehead atoms. The number of nitrogens with zero attached hydrogens (tertiary/aromatic N) is 2. The molecule has 0 saturated heterocycles. The quantitative estimate of drug-likeness (QED) is 0.263. The summed E-state index contributed by atoms with van der Waals surface area (Å²) in [5, 5.41) is 0.534. The summed E-state index contributed by atoms with van der Waals surface area (Å²) in [6, 6.07) is 22.9. The molecule has 2 heterocycles. The predicted molar refractivity (Wildman–Crippen MR) is 145 cm³/mol. The van der Waals surface area contributed by atoms with Crippen LogP contribution in [0, 0.1) is 0 Å². The number of allylic oxidation sites excluding steroid dienone is 1. The van der Waals surface area contributed by atoms with E-state index in [1.54, 1.807) is 60.0 Å². The van der Waals surface area contributed by atoms with E-state index in [9.17, 15) is 9.59 Å². The van der Waals surface area contributed by atoms with Crippen LogP contribution in [0.15, 0.2) is 99.9 Å². The largest absolute Gasteiger partial charge is 0.493 e. The van der Waals surface area contributed by atoms with Gasteiger partial charge in [0, 0.05) is 10.6 Å². The van der Waals surface area contributed by atoms with Crippen molar-refractivity contribution in [3.05, 3.63) is 126 Å². The number of hydrogen-bond donors (Lipinski definition) is 0. The molecule has 3 aromatic carbocycles. The van der Waals surface area contributed by atoms with E-state index in [1.807, 2.05) is 43.3 Å². The molecule has 1 aromatic heterocycles. The first kappa shape index (κ1) is 24.7. The molecule has 5 rings (SSSR count). The van der Waals surface area contributed by atoms with E-state index in [1.165, 1.54) is 11.3 Å². The summed E-state index contributed by atoms with van der Waals surface area (Å²) in [5.41, 5.74) is 2.02. The highest BCUT2D eigenvalue weighted by molar-refractivity contribution is 7.07. The van der Waals surface area contributed by atoms with Gasteiger partial charge in [-0.3, -0.25) is 9.36 Å². The van der Waals surface area contributed by atoms with E-state index in [2.05, 4.69) is 4.99 Å². The Bertz CT molecular complexity index is 1670. The minimum atomic E-state index is -0.693. The van der Waals surface area contributed by atoms with Crippen LogP contribution in [0.3, 0.4) is 0 Å². The number of rotatable bonds is 6. The van der Waals surface area contributed by atoms with E-state index in [-0.39, 0.29) is 5.56 Å². The summed E-state index contributed by atoms with van der Waals surface area (Å²) < 4.78 is 13.4. The Morgan fingerprint density at radius 2 is 1.78 bits per heavy atom. The van der Waals surface area contributed by atoms with Crippen molar-refractivity contribution in [2.75, 3.05) is 6.61 Å².